The third-order valence-electron chi connectivity index (χ3n) is 3.94. The molecule has 0 aliphatic carbocycles. The highest BCUT2D eigenvalue weighted by molar-refractivity contribution is 9.10. The first-order chi connectivity index (χ1) is 8.48. The van der Waals surface area contributed by atoms with Crippen LogP contribution in [0.4, 0.5) is 5.82 Å². The smallest absolute Gasteiger partial charge is 0.126 e. The SMILES string of the molecule is Cc1cc(NCC2(C)CCN(C)CC2)ncc1Br. The van der Waals surface area contributed by atoms with Crippen LogP contribution in [0.5, 0.6) is 0 Å². The van der Waals surface area contributed by atoms with Crippen LogP contribution in [0, 0.1) is 12.3 Å². The number of hydrogen-bond acceptors (Lipinski definition) is 3. The first-order valence-corrected chi connectivity index (χ1v) is 7.32. The number of aromatic nitrogens is 1. The van der Waals surface area contributed by atoms with Gasteiger partial charge in [0.25, 0.3) is 0 Å². The van der Waals surface area contributed by atoms with E-state index in [2.05, 4.69) is 58.1 Å². The second-order valence-electron chi connectivity index (χ2n) is 5.79. The zero-order valence-corrected chi connectivity index (χ0v) is 13.0. The summed E-state index contributed by atoms with van der Waals surface area (Å²) in [5.74, 6) is 0.982. The quantitative estimate of drug-likeness (QED) is 0.928. The van der Waals surface area contributed by atoms with Gasteiger partial charge in [-0.3, -0.25) is 0 Å². The first-order valence-electron chi connectivity index (χ1n) is 6.53. The van der Waals surface area contributed by atoms with Crippen molar-refractivity contribution >= 4 is 21.7 Å². The molecule has 1 aromatic heterocycles. The van der Waals surface area contributed by atoms with Gasteiger partial charge in [-0.2, -0.15) is 0 Å². The van der Waals surface area contributed by atoms with Crippen molar-refractivity contribution in [3.05, 3.63) is 22.3 Å². The van der Waals surface area contributed by atoms with E-state index < -0.39 is 0 Å². The summed E-state index contributed by atoms with van der Waals surface area (Å²) in [7, 11) is 2.20. The van der Waals surface area contributed by atoms with Gasteiger partial charge in [-0.15, -0.1) is 0 Å². The maximum atomic E-state index is 4.40. The highest BCUT2D eigenvalue weighted by Gasteiger charge is 2.28. The van der Waals surface area contributed by atoms with Crippen LogP contribution in [0.2, 0.25) is 0 Å². The number of hydrogen-bond donors (Lipinski definition) is 1. The predicted molar refractivity (Wildman–Crippen MR) is 80.0 cm³/mol. The largest absolute Gasteiger partial charge is 0.370 e. The van der Waals surface area contributed by atoms with Gasteiger partial charge in [0.05, 0.1) is 0 Å². The second-order valence-corrected chi connectivity index (χ2v) is 6.64. The van der Waals surface area contributed by atoms with Crippen LogP contribution >= 0.6 is 15.9 Å². The molecule has 0 saturated carbocycles. The molecule has 2 rings (SSSR count). The normalized spacial score (nSPS) is 19.8. The molecule has 3 nitrogen and oxygen atoms in total. The van der Waals surface area contributed by atoms with Gasteiger partial charge in [-0.25, -0.2) is 4.98 Å². The van der Waals surface area contributed by atoms with Gasteiger partial charge >= 0.3 is 0 Å². The molecule has 2 heterocycles. The monoisotopic (exact) mass is 311 g/mol. The maximum Gasteiger partial charge on any atom is 0.126 e. The van der Waals surface area contributed by atoms with E-state index in [1.807, 2.05) is 6.20 Å². The number of nitrogens with zero attached hydrogens (tertiary/aromatic N) is 2. The van der Waals surface area contributed by atoms with Crippen molar-refractivity contribution in [3.8, 4) is 0 Å². The number of rotatable bonds is 3. The lowest BCUT2D eigenvalue weighted by Gasteiger charge is -2.38. The van der Waals surface area contributed by atoms with E-state index in [9.17, 15) is 0 Å². The molecule has 0 atom stereocenters. The van der Waals surface area contributed by atoms with Gasteiger partial charge in [-0.05, 0) is 72.9 Å². The Kier molecular flexibility index (Phi) is 4.28. The zero-order valence-electron chi connectivity index (χ0n) is 11.5. The summed E-state index contributed by atoms with van der Waals surface area (Å²) in [6, 6.07) is 2.10. The Hall–Kier alpha value is -0.610. The van der Waals surface area contributed by atoms with Gasteiger partial charge in [0.1, 0.15) is 5.82 Å². The minimum Gasteiger partial charge on any atom is -0.370 e. The van der Waals surface area contributed by atoms with Crippen molar-refractivity contribution in [2.45, 2.75) is 26.7 Å². The standard InChI is InChI=1S/C14H22BrN3/c1-11-8-13(16-9-12(11)15)17-10-14(2)4-6-18(3)7-5-14/h8-9H,4-7,10H2,1-3H3,(H,16,17). The summed E-state index contributed by atoms with van der Waals surface area (Å²) < 4.78 is 1.07. The van der Waals surface area contributed by atoms with E-state index in [0.717, 1.165) is 16.8 Å². The first kappa shape index (κ1) is 13.8. The molecule has 1 aromatic rings. The average Bonchev–Trinajstić information content (AvgIpc) is 2.35. The summed E-state index contributed by atoms with van der Waals surface area (Å²) in [5, 5.41) is 3.49. The Morgan fingerprint density at radius 3 is 2.72 bits per heavy atom. The predicted octanol–water partition coefficient (Wildman–Crippen LogP) is 3.30. The summed E-state index contributed by atoms with van der Waals surface area (Å²) >= 11 is 3.48. The molecule has 18 heavy (non-hydrogen) atoms. The molecule has 1 fully saturated rings. The molecule has 0 aromatic carbocycles. The molecule has 0 amide bonds. The van der Waals surface area contributed by atoms with Crippen molar-refractivity contribution in [2.75, 3.05) is 32.0 Å². The topological polar surface area (TPSA) is 28.2 Å². The van der Waals surface area contributed by atoms with Crippen molar-refractivity contribution in [1.82, 2.24) is 9.88 Å². The molecule has 0 spiro atoms. The van der Waals surface area contributed by atoms with Crippen molar-refractivity contribution in [3.63, 3.8) is 0 Å². The van der Waals surface area contributed by atoms with Crippen LogP contribution in [0.25, 0.3) is 0 Å². The molecule has 100 valence electrons. The third-order valence-corrected chi connectivity index (χ3v) is 4.77. The van der Waals surface area contributed by atoms with Crippen LogP contribution in [-0.2, 0) is 0 Å². The molecular formula is C14H22BrN3. The molecule has 0 bridgehead atoms. The number of pyridine rings is 1. The van der Waals surface area contributed by atoms with Crippen molar-refractivity contribution in [1.29, 1.82) is 0 Å². The second kappa shape index (κ2) is 5.57. The van der Waals surface area contributed by atoms with Gasteiger partial charge in [0.15, 0.2) is 0 Å². The summed E-state index contributed by atoms with van der Waals surface area (Å²) in [6.45, 7) is 7.87. The molecule has 1 N–H and O–H groups in total. The fraction of sp³-hybridized carbons (Fsp3) is 0.643. The van der Waals surface area contributed by atoms with Crippen LogP contribution in [0.15, 0.2) is 16.7 Å². The molecule has 1 aliphatic heterocycles. The summed E-state index contributed by atoms with van der Waals surface area (Å²) in [4.78, 5) is 6.81. The Balaban J connectivity index is 1.92. The van der Waals surface area contributed by atoms with Crippen molar-refractivity contribution in [2.24, 2.45) is 5.41 Å². The van der Waals surface area contributed by atoms with Crippen LogP contribution < -0.4 is 5.32 Å². The number of anilines is 1. The van der Waals surface area contributed by atoms with Gasteiger partial charge in [0, 0.05) is 17.2 Å². The molecule has 0 unspecified atom stereocenters. The fourth-order valence-corrected chi connectivity index (χ4v) is 2.49. The highest BCUT2D eigenvalue weighted by atomic mass is 79.9. The summed E-state index contributed by atoms with van der Waals surface area (Å²) in [6.07, 6.45) is 4.38. The fourth-order valence-electron chi connectivity index (χ4n) is 2.28. The zero-order chi connectivity index (χ0) is 13.2. The van der Waals surface area contributed by atoms with Crippen LogP contribution in [-0.4, -0.2) is 36.6 Å². The van der Waals surface area contributed by atoms with E-state index >= 15 is 0 Å². The molecule has 1 aliphatic rings. The third kappa shape index (κ3) is 3.45. The van der Waals surface area contributed by atoms with E-state index in [4.69, 9.17) is 0 Å². The van der Waals surface area contributed by atoms with Gasteiger partial charge in [0.2, 0.25) is 0 Å². The summed E-state index contributed by atoms with van der Waals surface area (Å²) in [5.41, 5.74) is 1.62. The minimum absolute atomic E-state index is 0.398. The molecule has 0 radical (unpaired) electrons. The van der Waals surface area contributed by atoms with Crippen LogP contribution in [0.1, 0.15) is 25.3 Å². The number of piperidine rings is 1. The Morgan fingerprint density at radius 1 is 1.44 bits per heavy atom. The van der Waals surface area contributed by atoms with E-state index in [-0.39, 0.29) is 0 Å². The molecule has 1 saturated heterocycles. The van der Waals surface area contributed by atoms with E-state index in [1.54, 1.807) is 0 Å². The Labute approximate surface area is 118 Å². The van der Waals surface area contributed by atoms with Gasteiger partial charge < -0.3 is 10.2 Å². The van der Waals surface area contributed by atoms with Crippen molar-refractivity contribution < 1.29 is 0 Å². The number of nitrogens with one attached hydrogen (secondary N) is 1. The highest BCUT2D eigenvalue weighted by Crippen LogP contribution is 2.30. The number of aryl methyl sites for hydroxylation is 1. The Morgan fingerprint density at radius 2 is 2.11 bits per heavy atom. The maximum absolute atomic E-state index is 4.40. The number of halogens is 1. The van der Waals surface area contributed by atoms with E-state index in [0.29, 0.717) is 5.41 Å². The van der Waals surface area contributed by atoms with Gasteiger partial charge in [-0.1, -0.05) is 6.92 Å². The van der Waals surface area contributed by atoms with Crippen LogP contribution in [0.3, 0.4) is 0 Å². The lowest BCUT2D eigenvalue weighted by molar-refractivity contribution is 0.150. The molecule has 4 heteroatoms. The van der Waals surface area contributed by atoms with E-state index in [1.165, 1.54) is 31.5 Å². The lowest BCUT2D eigenvalue weighted by atomic mass is 9.80. The lowest BCUT2D eigenvalue weighted by Crippen LogP contribution is -2.40. The number of likely N-dealkylation sites (tertiary alicyclic amines) is 1. The average molecular weight is 312 g/mol. The molecular weight excluding hydrogens is 290 g/mol. The minimum atomic E-state index is 0.398. The Bertz CT molecular complexity index is 412.